The van der Waals surface area contributed by atoms with Gasteiger partial charge in [0.15, 0.2) is 0 Å². The van der Waals surface area contributed by atoms with Gasteiger partial charge >= 0.3 is 0 Å². The lowest BCUT2D eigenvalue weighted by atomic mass is 10.2. The van der Waals surface area contributed by atoms with Gasteiger partial charge in [0.1, 0.15) is 5.82 Å². The van der Waals surface area contributed by atoms with Gasteiger partial charge in [-0.1, -0.05) is 22.0 Å². The highest BCUT2D eigenvalue weighted by Gasteiger charge is 2.17. The summed E-state index contributed by atoms with van der Waals surface area (Å²) >= 11 is 14.0. The Hall–Kier alpha value is 0.250. The Morgan fingerprint density at radius 3 is 2.42 bits per heavy atom. The van der Waals surface area contributed by atoms with Gasteiger partial charge in [-0.3, -0.25) is 0 Å². The van der Waals surface area contributed by atoms with Gasteiger partial charge in [0.25, 0.3) is 0 Å². The van der Waals surface area contributed by atoms with Gasteiger partial charge in [0.2, 0.25) is 0 Å². The molecule has 0 fully saturated rings. The molecule has 3 aromatic rings. The van der Waals surface area contributed by atoms with Gasteiger partial charge in [-0.2, -0.15) is 0 Å². The van der Waals surface area contributed by atoms with Gasteiger partial charge in [-0.05, 0) is 61.5 Å². The van der Waals surface area contributed by atoms with Gasteiger partial charge < -0.3 is 0 Å². The fraction of sp³-hybridized carbons (Fsp3) is 0.0769. The molecule has 0 aliphatic rings. The summed E-state index contributed by atoms with van der Waals surface area (Å²) < 4.78 is 16.3. The molecule has 0 saturated heterocycles. The van der Waals surface area contributed by atoms with E-state index in [1.165, 1.54) is 15.8 Å². The first kappa shape index (κ1) is 14.2. The molecule has 6 heteroatoms. The van der Waals surface area contributed by atoms with Crippen molar-refractivity contribution in [2.45, 2.75) is 4.83 Å². The van der Waals surface area contributed by atoms with E-state index in [2.05, 4.69) is 59.9 Å². The molecule has 1 atom stereocenters. The second-order valence-electron chi connectivity index (χ2n) is 3.96. The topological polar surface area (TPSA) is 0 Å². The van der Waals surface area contributed by atoms with E-state index >= 15 is 0 Å². The lowest BCUT2D eigenvalue weighted by Crippen LogP contribution is -1.83. The molecule has 2 aromatic heterocycles. The van der Waals surface area contributed by atoms with Crippen LogP contribution in [-0.2, 0) is 0 Å². The maximum atomic E-state index is 13.2. The Bertz CT molecular complexity index is 728. The zero-order valence-corrected chi connectivity index (χ0v) is 15.7. The lowest BCUT2D eigenvalue weighted by Gasteiger charge is -2.03. The molecule has 3 rings (SSSR count). The molecule has 2 heterocycles. The minimum atomic E-state index is -0.186. The standard InChI is InChI=1S/C13H6Br3FS2/c14-8-5-11(19-13(8)16)12(15)10-3-6-1-2-7(17)4-9(6)18-10/h1-5,12H. The van der Waals surface area contributed by atoms with E-state index in [1.807, 2.05) is 6.07 Å². The molecular weight excluding hydrogens is 479 g/mol. The molecule has 0 N–H and O–H groups in total. The van der Waals surface area contributed by atoms with Crippen molar-refractivity contribution in [3.8, 4) is 0 Å². The van der Waals surface area contributed by atoms with Crippen molar-refractivity contribution in [3.63, 3.8) is 0 Å². The third-order valence-electron chi connectivity index (χ3n) is 2.66. The highest BCUT2D eigenvalue weighted by Crippen LogP contribution is 2.44. The predicted octanol–water partition coefficient (Wildman–Crippen LogP) is 7.11. The van der Waals surface area contributed by atoms with Crippen molar-refractivity contribution in [1.82, 2.24) is 0 Å². The van der Waals surface area contributed by atoms with Crippen molar-refractivity contribution < 1.29 is 4.39 Å². The van der Waals surface area contributed by atoms with Crippen LogP contribution in [-0.4, -0.2) is 0 Å². The molecule has 0 amide bonds. The number of halogens is 4. The average molecular weight is 485 g/mol. The van der Waals surface area contributed by atoms with Crippen LogP contribution in [0.15, 0.2) is 38.6 Å². The van der Waals surface area contributed by atoms with Crippen LogP contribution in [0.5, 0.6) is 0 Å². The first-order chi connectivity index (χ1) is 9.04. The van der Waals surface area contributed by atoms with E-state index in [0.717, 1.165) is 18.3 Å². The summed E-state index contributed by atoms with van der Waals surface area (Å²) in [5.74, 6) is -0.186. The molecule has 0 saturated carbocycles. The minimum Gasteiger partial charge on any atom is -0.207 e. The SMILES string of the molecule is Fc1ccc2cc(C(Br)c3cc(Br)c(Br)s3)sc2c1. The predicted molar refractivity (Wildman–Crippen MR) is 92.3 cm³/mol. The van der Waals surface area contributed by atoms with Crippen molar-refractivity contribution in [2.24, 2.45) is 0 Å². The fourth-order valence-corrected chi connectivity index (χ4v) is 5.85. The molecule has 1 unspecified atom stereocenters. The zero-order valence-electron chi connectivity index (χ0n) is 9.29. The van der Waals surface area contributed by atoms with Crippen LogP contribution < -0.4 is 0 Å². The quantitative estimate of drug-likeness (QED) is 0.340. The van der Waals surface area contributed by atoms with Gasteiger partial charge in [0, 0.05) is 18.9 Å². The van der Waals surface area contributed by atoms with Crippen LogP contribution in [0.3, 0.4) is 0 Å². The second kappa shape index (κ2) is 5.56. The van der Waals surface area contributed by atoms with Crippen molar-refractivity contribution in [2.75, 3.05) is 0 Å². The Labute approximate surface area is 143 Å². The van der Waals surface area contributed by atoms with E-state index in [4.69, 9.17) is 0 Å². The summed E-state index contributed by atoms with van der Waals surface area (Å²) in [6.07, 6.45) is 0. The zero-order chi connectivity index (χ0) is 13.6. The Kier molecular flexibility index (Phi) is 4.16. The number of hydrogen-bond acceptors (Lipinski definition) is 2. The Balaban J connectivity index is 2.03. The number of thiophene rings is 2. The highest BCUT2D eigenvalue weighted by molar-refractivity contribution is 9.13. The van der Waals surface area contributed by atoms with Crippen LogP contribution in [0.25, 0.3) is 10.1 Å². The maximum Gasteiger partial charge on any atom is 0.124 e. The van der Waals surface area contributed by atoms with Gasteiger partial charge in [0.05, 0.1) is 8.61 Å². The van der Waals surface area contributed by atoms with E-state index in [0.29, 0.717) is 0 Å². The first-order valence-electron chi connectivity index (χ1n) is 5.32. The average Bonchev–Trinajstić information content (AvgIpc) is 2.92. The molecule has 1 aromatic carbocycles. The molecule has 19 heavy (non-hydrogen) atoms. The molecule has 0 nitrogen and oxygen atoms in total. The van der Waals surface area contributed by atoms with E-state index < -0.39 is 0 Å². The maximum absolute atomic E-state index is 13.2. The third-order valence-corrected chi connectivity index (χ3v) is 8.74. The minimum absolute atomic E-state index is 0.139. The number of fused-ring (bicyclic) bond motifs is 1. The van der Waals surface area contributed by atoms with E-state index in [-0.39, 0.29) is 10.6 Å². The monoisotopic (exact) mass is 482 g/mol. The van der Waals surface area contributed by atoms with Crippen LogP contribution in [0.4, 0.5) is 4.39 Å². The smallest absolute Gasteiger partial charge is 0.124 e. The highest BCUT2D eigenvalue weighted by atomic mass is 79.9. The van der Waals surface area contributed by atoms with Gasteiger partial charge in [-0.15, -0.1) is 22.7 Å². The van der Waals surface area contributed by atoms with Crippen molar-refractivity contribution in [3.05, 3.63) is 54.2 Å². The summed E-state index contributed by atoms with van der Waals surface area (Å²) in [4.78, 5) is 2.54. The Morgan fingerprint density at radius 1 is 1.00 bits per heavy atom. The third kappa shape index (κ3) is 2.83. The molecule has 0 radical (unpaired) electrons. The summed E-state index contributed by atoms with van der Waals surface area (Å²) in [6.45, 7) is 0. The second-order valence-corrected chi connectivity index (χ2v) is 9.25. The van der Waals surface area contributed by atoms with Crippen LogP contribution in [0, 0.1) is 5.82 Å². The van der Waals surface area contributed by atoms with Crippen molar-refractivity contribution >= 4 is 80.5 Å². The lowest BCUT2D eigenvalue weighted by molar-refractivity contribution is 0.630. The largest absolute Gasteiger partial charge is 0.207 e. The summed E-state index contributed by atoms with van der Waals surface area (Å²) in [5, 5.41) is 1.08. The number of hydrogen-bond donors (Lipinski definition) is 0. The van der Waals surface area contributed by atoms with Crippen LogP contribution >= 0.6 is 70.5 Å². The number of benzene rings is 1. The van der Waals surface area contributed by atoms with E-state index in [1.54, 1.807) is 28.7 Å². The van der Waals surface area contributed by atoms with Crippen LogP contribution in [0.1, 0.15) is 14.6 Å². The fourth-order valence-electron chi connectivity index (χ4n) is 1.78. The summed E-state index contributed by atoms with van der Waals surface area (Å²) in [6, 6.07) is 9.12. The normalized spacial score (nSPS) is 13.1. The summed E-state index contributed by atoms with van der Waals surface area (Å²) in [7, 11) is 0. The first-order valence-corrected chi connectivity index (χ1v) is 9.46. The molecule has 0 aliphatic carbocycles. The number of rotatable bonds is 2. The molecular formula is C13H6Br3FS2. The molecule has 0 aliphatic heterocycles. The van der Waals surface area contributed by atoms with Crippen molar-refractivity contribution in [1.29, 1.82) is 0 Å². The summed E-state index contributed by atoms with van der Waals surface area (Å²) in [5.41, 5.74) is 0. The molecule has 98 valence electrons. The molecule has 0 bridgehead atoms. The Morgan fingerprint density at radius 2 is 1.74 bits per heavy atom. The van der Waals surface area contributed by atoms with E-state index in [9.17, 15) is 4.39 Å². The van der Waals surface area contributed by atoms with Crippen LogP contribution in [0.2, 0.25) is 0 Å². The number of alkyl halides is 1. The molecule has 0 spiro atoms. The van der Waals surface area contributed by atoms with Gasteiger partial charge in [-0.25, -0.2) is 4.39 Å².